The maximum Gasteiger partial charge on any atom is 0.317 e. The summed E-state index contributed by atoms with van der Waals surface area (Å²) in [6.45, 7) is 2.18. The van der Waals surface area contributed by atoms with E-state index in [0.717, 1.165) is 0 Å². The second-order valence-corrected chi connectivity index (χ2v) is 3.82. The zero-order valence-corrected chi connectivity index (χ0v) is 9.17. The molecule has 8 nitrogen and oxygen atoms in total. The summed E-state index contributed by atoms with van der Waals surface area (Å²) in [6, 6.07) is 0. The molecule has 1 aromatic rings. The molecule has 2 heterocycles. The van der Waals surface area contributed by atoms with Crippen LogP contribution in [0.25, 0.3) is 0 Å². The Balaban J connectivity index is 1.87. The van der Waals surface area contributed by atoms with Crippen molar-refractivity contribution in [1.82, 2.24) is 25.2 Å². The van der Waals surface area contributed by atoms with E-state index in [2.05, 4.69) is 15.4 Å². The molecule has 0 aliphatic carbocycles. The van der Waals surface area contributed by atoms with Crippen LogP contribution in [0.1, 0.15) is 10.5 Å². The summed E-state index contributed by atoms with van der Waals surface area (Å²) >= 11 is 0. The predicted octanol–water partition coefficient (Wildman–Crippen LogP) is -1.35. The summed E-state index contributed by atoms with van der Waals surface area (Å²) in [5.41, 5.74) is 0.289. The molecule has 17 heavy (non-hydrogen) atoms. The second kappa shape index (κ2) is 4.91. The van der Waals surface area contributed by atoms with Crippen LogP contribution in [0, 0.1) is 0 Å². The number of hydrogen-bond acceptors (Lipinski definition) is 5. The zero-order valence-electron chi connectivity index (χ0n) is 9.17. The SMILES string of the molecule is O=C(O)CN1CCN(C(=O)c2cn[nH]n2)CC1. The number of aromatic nitrogens is 3. The number of H-pyrrole nitrogens is 1. The van der Waals surface area contributed by atoms with Gasteiger partial charge in [0.25, 0.3) is 5.91 Å². The van der Waals surface area contributed by atoms with Crippen LogP contribution in [-0.2, 0) is 4.79 Å². The van der Waals surface area contributed by atoms with Gasteiger partial charge in [0.1, 0.15) is 0 Å². The maximum atomic E-state index is 11.9. The van der Waals surface area contributed by atoms with Gasteiger partial charge >= 0.3 is 5.97 Å². The second-order valence-electron chi connectivity index (χ2n) is 3.82. The lowest BCUT2D eigenvalue weighted by atomic mass is 10.3. The number of carboxylic acids is 1. The van der Waals surface area contributed by atoms with Crippen LogP contribution >= 0.6 is 0 Å². The van der Waals surface area contributed by atoms with Gasteiger partial charge in [-0.15, -0.1) is 0 Å². The van der Waals surface area contributed by atoms with Gasteiger partial charge in [0.15, 0.2) is 5.69 Å². The van der Waals surface area contributed by atoms with Gasteiger partial charge in [-0.1, -0.05) is 0 Å². The molecule has 0 unspecified atom stereocenters. The molecular formula is C9H13N5O3. The lowest BCUT2D eigenvalue weighted by molar-refractivity contribution is -0.138. The van der Waals surface area contributed by atoms with Gasteiger partial charge in [-0.2, -0.15) is 15.4 Å². The average molecular weight is 239 g/mol. The molecule has 1 aliphatic rings. The fourth-order valence-corrected chi connectivity index (χ4v) is 1.77. The number of amides is 1. The normalized spacial score (nSPS) is 17.1. The van der Waals surface area contributed by atoms with Crippen molar-refractivity contribution in [2.75, 3.05) is 32.7 Å². The van der Waals surface area contributed by atoms with Crippen LogP contribution in [0.5, 0.6) is 0 Å². The molecule has 0 radical (unpaired) electrons. The van der Waals surface area contributed by atoms with Crippen LogP contribution in [0.4, 0.5) is 0 Å². The number of piperazine rings is 1. The quantitative estimate of drug-likeness (QED) is 0.676. The van der Waals surface area contributed by atoms with E-state index in [9.17, 15) is 9.59 Å². The molecule has 1 fully saturated rings. The molecule has 92 valence electrons. The van der Waals surface area contributed by atoms with Crippen LogP contribution in [0.3, 0.4) is 0 Å². The Morgan fingerprint density at radius 2 is 2.06 bits per heavy atom. The summed E-state index contributed by atoms with van der Waals surface area (Å²) in [4.78, 5) is 25.8. The van der Waals surface area contributed by atoms with E-state index in [1.807, 2.05) is 0 Å². The summed E-state index contributed by atoms with van der Waals surface area (Å²) in [7, 11) is 0. The lowest BCUT2D eigenvalue weighted by Gasteiger charge is -2.33. The first-order chi connectivity index (χ1) is 8.16. The number of nitrogens with one attached hydrogen (secondary N) is 1. The van der Waals surface area contributed by atoms with E-state index >= 15 is 0 Å². The molecule has 0 atom stereocenters. The van der Waals surface area contributed by atoms with Crippen molar-refractivity contribution in [1.29, 1.82) is 0 Å². The third-order valence-corrected chi connectivity index (χ3v) is 2.65. The van der Waals surface area contributed by atoms with E-state index in [1.165, 1.54) is 6.20 Å². The Morgan fingerprint density at radius 1 is 1.35 bits per heavy atom. The Hall–Kier alpha value is -1.96. The molecule has 8 heteroatoms. The Kier molecular flexibility index (Phi) is 3.33. The van der Waals surface area contributed by atoms with E-state index in [-0.39, 0.29) is 18.1 Å². The summed E-state index contributed by atoms with van der Waals surface area (Å²) in [5.74, 6) is -1.02. The standard InChI is InChI=1S/C9H13N5O3/c15-8(16)6-13-1-3-14(4-2-13)9(17)7-5-10-12-11-7/h5H,1-4,6H2,(H,15,16)(H,10,11,12). The molecule has 2 rings (SSSR count). The smallest absolute Gasteiger partial charge is 0.317 e. The minimum atomic E-state index is -0.846. The zero-order chi connectivity index (χ0) is 12.3. The Bertz CT molecular complexity index is 397. The number of aromatic amines is 1. The maximum absolute atomic E-state index is 11.9. The summed E-state index contributed by atoms with van der Waals surface area (Å²) in [6.07, 6.45) is 1.38. The molecule has 1 saturated heterocycles. The highest BCUT2D eigenvalue weighted by Crippen LogP contribution is 2.05. The Labute approximate surface area is 97.2 Å². The average Bonchev–Trinajstić information content (AvgIpc) is 2.82. The minimum Gasteiger partial charge on any atom is -0.480 e. The molecule has 0 bridgehead atoms. The van der Waals surface area contributed by atoms with Gasteiger partial charge in [0.2, 0.25) is 0 Å². The number of aliphatic carboxylic acids is 1. The number of hydrogen-bond donors (Lipinski definition) is 2. The number of carbonyl (C=O) groups excluding carboxylic acids is 1. The van der Waals surface area contributed by atoms with Crippen molar-refractivity contribution in [3.05, 3.63) is 11.9 Å². The van der Waals surface area contributed by atoms with Crippen LogP contribution in [0.15, 0.2) is 6.20 Å². The van der Waals surface area contributed by atoms with E-state index in [0.29, 0.717) is 26.2 Å². The highest BCUT2D eigenvalue weighted by molar-refractivity contribution is 5.91. The van der Waals surface area contributed by atoms with Crippen molar-refractivity contribution in [3.63, 3.8) is 0 Å². The number of carboxylic acid groups (broad SMARTS) is 1. The predicted molar refractivity (Wildman–Crippen MR) is 56.4 cm³/mol. The first-order valence-electron chi connectivity index (χ1n) is 5.26. The first kappa shape index (κ1) is 11.5. The fourth-order valence-electron chi connectivity index (χ4n) is 1.77. The van der Waals surface area contributed by atoms with Gasteiger partial charge in [-0.05, 0) is 0 Å². The largest absolute Gasteiger partial charge is 0.480 e. The van der Waals surface area contributed by atoms with Crippen molar-refractivity contribution >= 4 is 11.9 Å². The fraction of sp³-hybridized carbons (Fsp3) is 0.556. The highest BCUT2D eigenvalue weighted by atomic mass is 16.4. The van der Waals surface area contributed by atoms with Crippen molar-refractivity contribution in [3.8, 4) is 0 Å². The monoisotopic (exact) mass is 239 g/mol. The Morgan fingerprint density at radius 3 is 2.59 bits per heavy atom. The third-order valence-electron chi connectivity index (χ3n) is 2.65. The van der Waals surface area contributed by atoms with Crippen LogP contribution < -0.4 is 0 Å². The third kappa shape index (κ3) is 2.78. The van der Waals surface area contributed by atoms with Gasteiger partial charge in [0, 0.05) is 26.2 Å². The van der Waals surface area contributed by atoms with Crippen LogP contribution in [-0.4, -0.2) is 74.9 Å². The summed E-state index contributed by atoms with van der Waals surface area (Å²) < 4.78 is 0. The number of carbonyl (C=O) groups is 2. The van der Waals surface area contributed by atoms with Gasteiger partial charge in [-0.3, -0.25) is 14.5 Å². The molecular weight excluding hydrogens is 226 g/mol. The molecule has 2 N–H and O–H groups in total. The van der Waals surface area contributed by atoms with E-state index in [1.54, 1.807) is 9.80 Å². The van der Waals surface area contributed by atoms with Crippen LogP contribution in [0.2, 0.25) is 0 Å². The highest BCUT2D eigenvalue weighted by Gasteiger charge is 2.24. The molecule has 1 aliphatic heterocycles. The van der Waals surface area contributed by atoms with Gasteiger partial charge in [-0.25, -0.2) is 0 Å². The minimum absolute atomic E-state index is 0.0198. The van der Waals surface area contributed by atoms with E-state index in [4.69, 9.17) is 5.11 Å². The molecule has 1 amide bonds. The first-order valence-corrected chi connectivity index (χ1v) is 5.26. The molecule has 0 aromatic carbocycles. The van der Waals surface area contributed by atoms with E-state index < -0.39 is 5.97 Å². The lowest BCUT2D eigenvalue weighted by Crippen LogP contribution is -2.50. The van der Waals surface area contributed by atoms with Gasteiger partial charge in [0.05, 0.1) is 12.7 Å². The number of nitrogens with zero attached hydrogens (tertiary/aromatic N) is 4. The van der Waals surface area contributed by atoms with Gasteiger partial charge < -0.3 is 10.0 Å². The summed E-state index contributed by atoms with van der Waals surface area (Å²) in [5, 5.41) is 18.3. The molecule has 0 spiro atoms. The molecule has 0 saturated carbocycles. The topological polar surface area (TPSA) is 102 Å². The van der Waals surface area contributed by atoms with Crippen molar-refractivity contribution < 1.29 is 14.7 Å². The molecule has 1 aromatic heterocycles. The van der Waals surface area contributed by atoms with Crippen molar-refractivity contribution in [2.24, 2.45) is 0 Å². The van der Waals surface area contributed by atoms with Crippen molar-refractivity contribution in [2.45, 2.75) is 0 Å². The number of rotatable bonds is 3.